The van der Waals surface area contributed by atoms with Gasteiger partial charge in [-0.2, -0.15) is 0 Å². The first-order valence-electron chi connectivity index (χ1n) is 8.44. The minimum Gasteiger partial charge on any atom is -0.492 e. The Kier molecular flexibility index (Phi) is 5.31. The van der Waals surface area contributed by atoms with Crippen molar-refractivity contribution in [1.82, 2.24) is 9.55 Å². The maximum atomic E-state index is 12.6. The molecule has 0 aliphatic carbocycles. The van der Waals surface area contributed by atoms with Crippen molar-refractivity contribution in [3.63, 3.8) is 0 Å². The monoisotopic (exact) mass is 352 g/mol. The number of hydrogen-bond donors (Lipinski definition) is 1. The standard InChI is InChI=1S/C20H20N2O4/c1-14-21-18-5-3-2-4-17(18)20(25)22(14)12-13-26-16-9-6-15(7-10-16)8-11-19(23)24/h2-7,9-10H,8,11-13H2,1H3,(H,23,24). The number of rotatable bonds is 7. The zero-order chi connectivity index (χ0) is 18.5. The third kappa shape index (κ3) is 4.08. The van der Waals surface area contributed by atoms with E-state index in [0.29, 0.717) is 42.0 Å². The molecule has 1 heterocycles. The highest BCUT2D eigenvalue weighted by molar-refractivity contribution is 5.77. The van der Waals surface area contributed by atoms with Crippen molar-refractivity contribution in [1.29, 1.82) is 0 Å². The van der Waals surface area contributed by atoms with E-state index in [1.54, 1.807) is 10.6 Å². The molecule has 0 aliphatic heterocycles. The summed E-state index contributed by atoms with van der Waals surface area (Å²) in [5, 5.41) is 9.31. The van der Waals surface area contributed by atoms with Gasteiger partial charge in [0.1, 0.15) is 18.2 Å². The first-order chi connectivity index (χ1) is 12.5. The molecule has 26 heavy (non-hydrogen) atoms. The molecule has 2 aromatic carbocycles. The molecule has 0 spiro atoms. The molecule has 0 saturated heterocycles. The molecular weight excluding hydrogens is 332 g/mol. The van der Waals surface area contributed by atoms with Gasteiger partial charge in [0, 0.05) is 6.42 Å². The summed E-state index contributed by atoms with van der Waals surface area (Å²) in [6, 6.07) is 14.6. The van der Waals surface area contributed by atoms with E-state index in [4.69, 9.17) is 9.84 Å². The van der Waals surface area contributed by atoms with Crippen molar-refractivity contribution in [2.45, 2.75) is 26.3 Å². The van der Waals surface area contributed by atoms with E-state index in [1.807, 2.05) is 49.4 Å². The number of carboxylic acids is 1. The average molecular weight is 352 g/mol. The molecule has 6 heteroatoms. The first-order valence-corrected chi connectivity index (χ1v) is 8.44. The number of nitrogens with zero attached hydrogens (tertiary/aromatic N) is 2. The second-order valence-electron chi connectivity index (χ2n) is 6.02. The predicted molar refractivity (Wildman–Crippen MR) is 98.6 cm³/mol. The molecule has 0 radical (unpaired) electrons. The van der Waals surface area contributed by atoms with Crippen LogP contribution in [0.4, 0.5) is 0 Å². The van der Waals surface area contributed by atoms with Gasteiger partial charge in [0.2, 0.25) is 0 Å². The van der Waals surface area contributed by atoms with Crippen LogP contribution in [0.2, 0.25) is 0 Å². The summed E-state index contributed by atoms with van der Waals surface area (Å²) in [5.74, 6) is 0.528. The second-order valence-corrected chi connectivity index (χ2v) is 6.02. The van der Waals surface area contributed by atoms with Crippen LogP contribution in [0, 0.1) is 6.92 Å². The maximum absolute atomic E-state index is 12.6. The smallest absolute Gasteiger partial charge is 0.303 e. The summed E-state index contributed by atoms with van der Waals surface area (Å²) in [6.07, 6.45) is 0.602. The van der Waals surface area contributed by atoms with Gasteiger partial charge in [-0.25, -0.2) is 4.98 Å². The van der Waals surface area contributed by atoms with Crippen LogP contribution in [0.5, 0.6) is 5.75 Å². The van der Waals surface area contributed by atoms with Gasteiger partial charge in [0.25, 0.3) is 5.56 Å². The number of aryl methyl sites for hydroxylation is 2. The molecule has 0 bridgehead atoms. The Labute approximate surface area is 150 Å². The minimum absolute atomic E-state index is 0.0688. The Morgan fingerprint density at radius 3 is 2.62 bits per heavy atom. The van der Waals surface area contributed by atoms with Gasteiger partial charge in [0.15, 0.2) is 0 Å². The van der Waals surface area contributed by atoms with E-state index in [1.165, 1.54) is 0 Å². The minimum atomic E-state index is -0.810. The summed E-state index contributed by atoms with van der Waals surface area (Å²) in [4.78, 5) is 27.6. The number of fused-ring (bicyclic) bond motifs is 1. The number of hydrogen-bond acceptors (Lipinski definition) is 4. The number of carbonyl (C=O) groups is 1. The molecule has 3 rings (SSSR count). The lowest BCUT2D eigenvalue weighted by atomic mass is 10.1. The van der Waals surface area contributed by atoms with Crippen molar-refractivity contribution in [2.24, 2.45) is 0 Å². The van der Waals surface area contributed by atoms with E-state index < -0.39 is 5.97 Å². The molecule has 0 saturated carbocycles. The lowest BCUT2D eigenvalue weighted by Gasteiger charge is -2.12. The van der Waals surface area contributed by atoms with Crippen LogP contribution in [0.25, 0.3) is 10.9 Å². The highest BCUT2D eigenvalue weighted by atomic mass is 16.5. The Morgan fingerprint density at radius 2 is 1.88 bits per heavy atom. The van der Waals surface area contributed by atoms with E-state index in [0.717, 1.165) is 5.56 Å². The first kappa shape index (κ1) is 17.7. The Hall–Kier alpha value is -3.15. The third-order valence-electron chi connectivity index (χ3n) is 4.19. The van der Waals surface area contributed by atoms with Gasteiger partial charge in [-0.05, 0) is 43.2 Å². The number of aliphatic carboxylic acids is 1. The summed E-state index contributed by atoms with van der Waals surface area (Å²) in [6.45, 7) is 2.56. The molecule has 0 atom stereocenters. The quantitative estimate of drug-likeness (QED) is 0.707. The normalized spacial score (nSPS) is 10.8. The highest BCUT2D eigenvalue weighted by Crippen LogP contribution is 2.14. The van der Waals surface area contributed by atoms with Gasteiger partial charge < -0.3 is 9.84 Å². The number of para-hydroxylation sites is 1. The summed E-state index contributed by atoms with van der Waals surface area (Å²) in [5.41, 5.74) is 1.58. The van der Waals surface area contributed by atoms with Crippen LogP contribution < -0.4 is 10.3 Å². The molecule has 134 valence electrons. The van der Waals surface area contributed by atoms with Crippen LogP contribution >= 0.6 is 0 Å². The summed E-state index contributed by atoms with van der Waals surface area (Å²) < 4.78 is 7.32. The van der Waals surface area contributed by atoms with E-state index >= 15 is 0 Å². The molecule has 0 amide bonds. The van der Waals surface area contributed by atoms with Crippen molar-refractivity contribution in [3.05, 3.63) is 70.3 Å². The lowest BCUT2D eigenvalue weighted by Crippen LogP contribution is -2.26. The molecular formula is C20H20N2O4. The highest BCUT2D eigenvalue weighted by Gasteiger charge is 2.07. The van der Waals surface area contributed by atoms with E-state index in [2.05, 4.69) is 4.98 Å². The fourth-order valence-electron chi connectivity index (χ4n) is 2.80. The molecule has 1 N–H and O–H groups in total. The largest absolute Gasteiger partial charge is 0.492 e. The molecule has 1 aromatic heterocycles. The number of benzene rings is 2. The van der Waals surface area contributed by atoms with Gasteiger partial charge in [-0.1, -0.05) is 24.3 Å². The van der Waals surface area contributed by atoms with Crippen LogP contribution in [0.3, 0.4) is 0 Å². The van der Waals surface area contributed by atoms with E-state index in [9.17, 15) is 9.59 Å². The Morgan fingerprint density at radius 1 is 1.15 bits per heavy atom. The van der Waals surface area contributed by atoms with E-state index in [-0.39, 0.29) is 12.0 Å². The average Bonchev–Trinajstić information content (AvgIpc) is 2.63. The Bertz CT molecular complexity index is 977. The number of carboxylic acid groups (broad SMARTS) is 1. The predicted octanol–water partition coefficient (Wildman–Crippen LogP) is 2.80. The topological polar surface area (TPSA) is 81.4 Å². The fraction of sp³-hybridized carbons (Fsp3) is 0.250. The van der Waals surface area contributed by atoms with Crippen molar-refractivity contribution >= 4 is 16.9 Å². The summed E-state index contributed by atoms with van der Waals surface area (Å²) in [7, 11) is 0. The second kappa shape index (κ2) is 7.82. The molecule has 6 nitrogen and oxygen atoms in total. The van der Waals surface area contributed by atoms with Crippen LogP contribution in [0.1, 0.15) is 17.8 Å². The molecule has 3 aromatic rings. The van der Waals surface area contributed by atoms with Crippen LogP contribution in [-0.4, -0.2) is 27.2 Å². The van der Waals surface area contributed by atoms with Gasteiger partial charge in [-0.15, -0.1) is 0 Å². The fourth-order valence-corrected chi connectivity index (χ4v) is 2.80. The van der Waals surface area contributed by atoms with Crippen molar-refractivity contribution in [2.75, 3.05) is 6.61 Å². The molecule has 0 unspecified atom stereocenters. The molecule has 0 fully saturated rings. The SMILES string of the molecule is Cc1nc2ccccc2c(=O)n1CCOc1ccc(CCC(=O)O)cc1. The van der Waals surface area contributed by atoms with Crippen molar-refractivity contribution in [3.8, 4) is 5.75 Å². The van der Waals surface area contributed by atoms with Crippen LogP contribution in [0.15, 0.2) is 53.3 Å². The van der Waals surface area contributed by atoms with Gasteiger partial charge >= 0.3 is 5.97 Å². The lowest BCUT2D eigenvalue weighted by molar-refractivity contribution is -0.136. The van der Waals surface area contributed by atoms with Crippen molar-refractivity contribution < 1.29 is 14.6 Å². The zero-order valence-corrected chi connectivity index (χ0v) is 14.5. The summed E-state index contributed by atoms with van der Waals surface area (Å²) >= 11 is 0. The van der Waals surface area contributed by atoms with Crippen LogP contribution in [-0.2, 0) is 17.8 Å². The molecule has 0 aliphatic rings. The number of aromatic nitrogens is 2. The van der Waals surface area contributed by atoms with Gasteiger partial charge in [-0.3, -0.25) is 14.2 Å². The third-order valence-corrected chi connectivity index (χ3v) is 4.19. The Balaban J connectivity index is 1.64. The van der Waals surface area contributed by atoms with Gasteiger partial charge in [0.05, 0.1) is 17.4 Å². The maximum Gasteiger partial charge on any atom is 0.303 e. The zero-order valence-electron chi connectivity index (χ0n) is 14.5. The number of ether oxygens (including phenoxy) is 1.